The first-order chi connectivity index (χ1) is 13.1. The first kappa shape index (κ1) is 19.5. The van der Waals surface area contributed by atoms with E-state index in [4.69, 9.17) is 0 Å². The number of carbonyl (C=O) groups is 1. The van der Waals surface area contributed by atoms with Crippen LogP contribution in [0.15, 0.2) is 48.5 Å². The number of thiazole rings is 1. The number of aromatic nitrogens is 1. The second-order valence-corrected chi connectivity index (χ2v) is 8.33. The summed E-state index contributed by atoms with van der Waals surface area (Å²) in [5.41, 5.74) is 3.59. The van der Waals surface area contributed by atoms with Gasteiger partial charge in [0.2, 0.25) is 5.91 Å². The molecule has 0 radical (unpaired) electrons. The van der Waals surface area contributed by atoms with Gasteiger partial charge < -0.3 is 10.2 Å². The van der Waals surface area contributed by atoms with E-state index in [1.54, 1.807) is 11.3 Å². The fourth-order valence-corrected chi connectivity index (χ4v) is 4.16. The lowest BCUT2D eigenvalue weighted by Gasteiger charge is -2.13. The van der Waals surface area contributed by atoms with Crippen LogP contribution in [0, 0.1) is 0 Å². The smallest absolute Gasteiger partial charge is 0.220 e. The average molecular weight is 383 g/mol. The zero-order valence-corrected chi connectivity index (χ0v) is 16.9. The van der Waals surface area contributed by atoms with Gasteiger partial charge in [-0.15, -0.1) is 11.3 Å². The Balaban J connectivity index is 1.40. The van der Waals surface area contributed by atoms with Crippen LogP contribution >= 0.6 is 11.3 Å². The van der Waals surface area contributed by atoms with Gasteiger partial charge >= 0.3 is 0 Å². The van der Waals surface area contributed by atoms with Gasteiger partial charge in [-0.1, -0.05) is 36.4 Å². The van der Waals surface area contributed by atoms with Gasteiger partial charge in [-0.25, -0.2) is 4.98 Å². The predicted molar refractivity (Wildman–Crippen MR) is 112 cm³/mol. The SMILES string of the molecule is C[NH+](C)Cc1ccccc1CNC(=O)CCCCc1nc2ccccc2s1. The van der Waals surface area contributed by atoms with E-state index in [2.05, 4.69) is 54.7 Å². The average Bonchev–Trinajstić information content (AvgIpc) is 3.07. The number of carbonyl (C=O) groups excluding carboxylic acids is 1. The number of quaternary nitrogens is 1. The van der Waals surface area contributed by atoms with Crippen molar-refractivity contribution in [1.29, 1.82) is 0 Å². The molecule has 3 rings (SSSR count). The highest BCUT2D eigenvalue weighted by Gasteiger charge is 2.08. The summed E-state index contributed by atoms with van der Waals surface area (Å²) >= 11 is 1.76. The van der Waals surface area contributed by atoms with Crippen LogP contribution in [0.4, 0.5) is 0 Å². The van der Waals surface area contributed by atoms with E-state index in [1.807, 2.05) is 18.2 Å². The van der Waals surface area contributed by atoms with Crippen molar-refractivity contribution < 1.29 is 9.69 Å². The quantitative estimate of drug-likeness (QED) is 0.559. The van der Waals surface area contributed by atoms with E-state index < -0.39 is 0 Å². The van der Waals surface area contributed by atoms with E-state index in [1.165, 1.54) is 20.7 Å². The summed E-state index contributed by atoms with van der Waals surface area (Å²) in [6.07, 6.45) is 3.41. The van der Waals surface area contributed by atoms with Gasteiger partial charge in [0.05, 0.1) is 29.3 Å². The lowest BCUT2D eigenvalue weighted by molar-refractivity contribution is -0.872. The Morgan fingerprint density at radius 1 is 1.04 bits per heavy atom. The molecule has 0 saturated carbocycles. The molecule has 4 nitrogen and oxygen atoms in total. The number of para-hydroxylation sites is 1. The third kappa shape index (κ3) is 5.88. The van der Waals surface area contributed by atoms with E-state index in [-0.39, 0.29) is 5.91 Å². The van der Waals surface area contributed by atoms with Gasteiger partial charge in [0.25, 0.3) is 0 Å². The second kappa shape index (κ2) is 9.62. The van der Waals surface area contributed by atoms with Crippen molar-refractivity contribution in [3.05, 3.63) is 64.7 Å². The largest absolute Gasteiger partial charge is 0.352 e. The monoisotopic (exact) mass is 382 g/mol. The maximum Gasteiger partial charge on any atom is 0.220 e. The van der Waals surface area contributed by atoms with Crippen molar-refractivity contribution in [1.82, 2.24) is 10.3 Å². The highest BCUT2D eigenvalue weighted by atomic mass is 32.1. The fraction of sp³-hybridized carbons (Fsp3) is 0.364. The van der Waals surface area contributed by atoms with E-state index >= 15 is 0 Å². The highest BCUT2D eigenvalue weighted by molar-refractivity contribution is 7.18. The third-order valence-corrected chi connectivity index (χ3v) is 5.62. The maximum absolute atomic E-state index is 12.2. The first-order valence-electron chi connectivity index (χ1n) is 9.59. The molecule has 2 N–H and O–H groups in total. The number of hydrogen-bond donors (Lipinski definition) is 2. The minimum atomic E-state index is 0.131. The Bertz CT molecular complexity index is 855. The molecule has 1 amide bonds. The highest BCUT2D eigenvalue weighted by Crippen LogP contribution is 2.22. The van der Waals surface area contributed by atoms with Crippen LogP contribution in [0.2, 0.25) is 0 Å². The molecule has 0 bridgehead atoms. The topological polar surface area (TPSA) is 46.4 Å². The van der Waals surface area contributed by atoms with Gasteiger partial charge in [0.15, 0.2) is 0 Å². The molecule has 0 unspecified atom stereocenters. The van der Waals surface area contributed by atoms with Crippen molar-refractivity contribution in [2.24, 2.45) is 0 Å². The van der Waals surface area contributed by atoms with Gasteiger partial charge in [0.1, 0.15) is 6.54 Å². The summed E-state index contributed by atoms with van der Waals surface area (Å²) < 4.78 is 1.24. The summed E-state index contributed by atoms with van der Waals surface area (Å²) in [5, 5.41) is 4.24. The van der Waals surface area contributed by atoms with Crippen LogP contribution in [-0.4, -0.2) is 25.0 Å². The molecule has 0 aliphatic heterocycles. The molecule has 0 aliphatic rings. The summed E-state index contributed by atoms with van der Waals surface area (Å²) in [4.78, 5) is 18.2. The van der Waals surface area contributed by atoms with E-state index in [0.717, 1.165) is 36.3 Å². The number of aryl methyl sites for hydroxylation is 1. The molecule has 0 atom stereocenters. The molecular weight excluding hydrogens is 354 g/mol. The van der Waals surface area contributed by atoms with Gasteiger partial charge in [-0.05, 0) is 37.0 Å². The van der Waals surface area contributed by atoms with Crippen LogP contribution in [0.1, 0.15) is 35.4 Å². The Kier molecular flexibility index (Phi) is 6.96. The maximum atomic E-state index is 12.2. The second-order valence-electron chi connectivity index (χ2n) is 7.21. The number of hydrogen-bond acceptors (Lipinski definition) is 3. The van der Waals surface area contributed by atoms with Crippen LogP contribution in [-0.2, 0) is 24.3 Å². The molecule has 1 aromatic heterocycles. The van der Waals surface area contributed by atoms with Gasteiger partial charge in [0, 0.05) is 18.5 Å². The van der Waals surface area contributed by atoms with Gasteiger partial charge in [-0.3, -0.25) is 4.79 Å². The molecule has 1 heterocycles. The summed E-state index contributed by atoms with van der Waals surface area (Å²) in [6.45, 7) is 1.58. The van der Waals surface area contributed by atoms with Crippen molar-refractivity contribution >= 4 is 27.5 Å². The number of benzene rings is 2. The molecule has 0 fully saturated rings. The van der Waals surface area contributed by atoms with E-state index in [0.29, 0.717) is 13.0 Å². The van der Waals surface area contributed by atoms with Crippen molar-refractivity contribution in [2.45, 2.75) is 38.8 Å². The van der Waals surface area contributed by atoms with E-state index in [9.17, 15) is 4.79 Å². The molecular formula is C22H28N3OS+. The van der Waals surface area contributed by atoms with Crippen LogP contribution < -0.4 is 10.2 Å². The Morgan fingerprint density at radius 3 is 2.56 bits per heavy atom. The molecule has 142 valence electrons. The predicted octanol–water partition coefficient (Wildman–Crippen LogP) is 2.97. The standard InChI is InChI=1S/C22H27N3OS/c1-25(2)16-18-10-4-3-9-17(18)15-23-21(26)13-7-8-14-22-24-19-11-5-6-12-20(19)27-22/h3-6,9-12H,7-8,13-16H2,1-2H3,(H,23,26)/p+1. The fourth-order valence-electron chi connectivity index (χ4n) is 3.15. The molecule has 27 heavy (non-hydrogen) atoms. The first-order valence-corrected chi connectivity index (χ1v) is 10.4. The van der Waals surface area contributed by atoms with Crippen molar-refractivity contribution in [3.8, 4) is 0 Å². The molecule has 0 aliphatic carbocycles. The number of rotatable bonds is 9. The Hall–Kier alpha value is -2.24. The minimum absolute atomic E-state index is 0.131. The van der Waals surface area contributed by atoms with Crippen molar-refractivity contribution in [2.75, 3.05) is 14.1 Å². The lowest BCUT2D eigenvalue weighted by atomic mass is 10.1. The van der Waals surface area contributed by atoms with Crippen LogP contribution in [0.5, 0.6) is 0 Å². The summed E-state index contributed by atoms with van der Waals surface area (Å²) in [6, 6.07) is 16.6. The minimum Gasteiger partial charge on any atom is -0.352 e. The third-order valence-electron chi connectivity index (χ3n) is 4.52. The zero-order chi connectivity index (χ0) is 19.1. The normalized spacial score (nSPS) is 11.2. The summed E-state index contributed by atoms with van der Waals surface area (Å²) in [7, 11) is 4.28. The molecule has 2 aromatic carbocycles. The molecule has 3 aromatic rings. The lowest BCUT2D eigenvalue weighted by Crippen LogP contribution is -3.04. The van der Waals surface area contributed by atoms with Gasteiger partial charge in [-0.2, -0.15) is 0 Å². The number of fused-ring (bicyclic) bond motifs is 1. The zero-order valence-electron chi connectivity index (χ0n) is 16.1. The molecule has 0 saturated heterocycles. The Morgan fingerprint density at radius 2 is 1.78 bits per heavy atom. The number of unbranched alkanes of at least 4 members (excludes halogenated alkanes) is 1. The molecule has 0 spiro atoms. The number of nitrogens with zero attached hydrogens (tertiary/aromatic N) is 1. The van der Waals surface area contributed by atoms with Crippen LogP contribution in [0.3, 0.4) is 0 Å². The number of amides is 1. The van der Waals surface area contributed by atoms with Crippen molar-refractivity contribution in [3.63, 3.8) is 0 Å². The number of nitrogens with one attached hydrogen (secondary N) is 2. The molecule has 5 heteroatoms. The Labute approximate surface area is 165 Å². The van der Waals surface area contributed by atoms with Crippen LogP contribution in [0.25, 0.3) is 10.2 Å². The summed E-state index contributed by atoms with van der Waals surface area (Å²) in [5.74, 6) is 0.131.